The van der Waals surface area contributed by atoms with E-state index in [1.165, 1.54) is 19.3 Å². The van der Waals surface area contributed by atoms with Crippen molar-refractivity contribution >= 4 is 11.9 Å². The molecule has 1 amide bonds. The molecule has 0 aromatic carbocycles. The van der Waals surface area contributed by atoms with Crippen molar-refractivity contribution in [2.75, 3.05) is 33.3 Å². The second-order valence-corrected chi connectivity index (χ2v) is 6.71. The van der Waals surface area contributed by atoms with Crippen LogP contribution in [0.15, 0.2) is 4.99 Å². The van der Waals surface area contributed by atoms with Gasteiger partial charge >= 0.3 is 0 Å². The predicted octanol–water partition coefficient (Wildman–Crippen LogP) is 1.66. The highest BCUT2D eigenvalue weighted by molar-refractivity contribution is 5.80. The van der Waals surface area contributed by atoms with Gasteiger partial charge in [-0.05, 0) is 33.6 Å². The van der Waals surface area contributed by atoms with E-state index in [0.717, 1.165) is 25.3 Å². The van der Waals surface area contributed by atoms with Gasteiger partial charge in [0.25, 0.3) is 0 Å². The Balaban J connectivity index is 2.29. The van der Waals surface area contributed by atoms with E-state index in [2.05, 4.69) is 20.9 Å². The zero-order valence-corrected chi connectivity index (χ0v) is 15.2. The van der Waals surface area contributed by atoms with Crippen LogP contribution in [0.4, 0.5) is 0 Å². The molecule has 1 aliphatic rings. The van der Waals surface area contributed by atoms with Gasteiger partial charge in [-0.25, -0.2) is 0 Å². The number of rotatable bonds is 8. The SMILES string of the molecule is CCNC(=NCC(C)(C)OC)NCCNC(=O)C1CCCCC1. The van der Waals surface area contributed by atoms with E-state index in [0.29, 0.717) is 19.6 Å². The fraction of sp³-hybridized carbons (Fsp3) is 0.882. The Morgan fingerprint density at radius 3 is 2.39 bits per heavy atom. The quantitative estimate of drug-likeness (QED) is 0.360. The third-order valence-electron chi connectivity index (χ3n) is 4.21. The number of carbonyl (C=O) groups excluding carboxylic acids is 1. The molecular weight excluding hydrogens is 292 g/mol. The molecule has 23 heavy (non-hydrogen) atoms. The average Bonchev–Trinajstić information content (AvgIpc) is 2.57. The van der Waals surface area contributed by atoms with E-state index in [4.69, 9.17) is 4.74 Å². The lowest BCUT2D eigenvalue weighted by Gasteiger charge is -2.22. The van der Waals surface area contributed by atoms with E-state index in [-0.39, 0.29) is 17.4 Å². The second kappa shape index (κ2) is 10.5. The minimum Gasteiger partial charge on any atom is -0.377 e. The number of amides is 1. The molecule has 0 heterocycles. The summed E-state index contributed by atoms with van der Waals surface area (Å²) in [5.41, 5.74) is -0.280. The zero-order valence-electron chi connectivity index (χ0n) is 15.2. The van der Waals surface area contributed by atoms with Gasteiger partial charge in [0.1, 0.15) is 0 Å². The van der Waals surface area contributed by atoms with Gasteiger partial charge in [-0.1, -0.05) is 19.3 Å². The Labute approximate surface area is 140 Å². The Morgan fingerprint density at radius 1 is 1.13 bits per heavy atom. The molecule has 6 heteroatoms. The van der Waals surface area contributed by atoms with Gasteiger partial charge in [-0.3, -0.25) is 9.79 Å². The minimum absolute atomic E-state index is 0.203. The highest BCUT2D eigenvalue weighted by Gasteiger charge is 2.20. The zero-order chi connectivity index (χ0) is 17.1. The van der Waals surface area contributed by atoms with Crippen molar-refractivity contribution in [3.8, 4) is 0 Å². The van der Waals surface area contributed by atoms with Gasteiger partial charge in [0.15, 0.2) is 5.96 Å². The Morgan fingerprint density at radius 2 is 1.78 bits per heavy atom. The monoisotopic (exact) mass is 326 g/mol. The molecular formula is C17H34N4O2. The molecule has 0 atom stereocenters. The Kier molecular flexibility index (Phi) is 8.99. The normalized spacial score (nSPS) is 17.0. The standard InChI is InChI=1S/C17H34N4O2/c1-5-18-16(21-13-17(2,3)23-4)20-12-11-19-15(22)14-9-7-6-8-10-14/h14H,5-13H2,1-4H3,(H,19,22)(H2,18,20,21). The van der Waals surface area contributed by atoms with E-state index in [1.54, 1.807) is 7.11 Å². The summed E-state index contributed by atoms with van der Waals surface area (Å²) in [4.78, 5) is 16.6. The molecule has 0 bridgehead atoms. The molecule has 134 valence electrons. The maximum Gasteiger partial charge on any atom is 0.223 e. The highest BCUT2D eigenvalue weighted by Crippen LogP contribution is 2.23. The molecule has 6 nitrogen and oxygen atoms in total. The molecule has 0 radical (unpaired) electrons. The first kappa shape index (κ1) is 19.7. The maximum absolute atomic E-state index is 12.1. The van der Waals surface area contributed by atoms with Gasteiger partial charge in [-0.15, -0.1) is 0 Å². The fourth-order valence-electron chi connectivity index (χ4n) is 2.55. The van der Waals surface area contributed by atoms with Gasteiger partial charge in [-0.2, -0.15) is 0 Å². The summed E-state index contributed by atoms with van der Waals surface area (Å²) in [6.07, 6.45) is 5.71. The molecule has 0 saturated heterocycles. The summed E-state index contributed by atoms with van der Waals surface area (Å²) in [6, 6.07) is 0. The number of methoxy groups -OCH3 is 1. The lowest BCUT2D eigenvalue weighted by molar-refractivity contribution is -0.125. The summed E-state index contributed by atoms with van der Waals surface area (Å²) in [5, 5.41) is 9.47. The van der Waals surface area contributed by atoms with E-state index < -0.39 is 0 Å². The summed E-state index contributed by atoms with van der Waals surface area (Å²) >= 11 is 0. The number of hydrogen-bond donors (Lipinski definition) is 3. The summed E-state index contributed by atoms with van der Waals surface area (Å²) in [5.74, 6) is 1.17. The van der Waals surface area contributed by atoms with Crippen molar-refractivity contribution in [2.24, 2.45) is 10.9 Å². The number of hydrogen-bond acceptors (Lipinski definition) is 3. The van der Waals surface area contributed by atoms with Crippen LogP contribution in [0.5, 0.6) is 0 Å². The van der Waals surface area contributed by atoms with Crippen molar-refractivity contribution in [3.63, 3.8) is 0 Å². The number of guanidine groups is 1. The highest BCUT2D eigenvalue weighted by atomic mass is 16.5. The van der Waals surface area contributed by atoms with Crippen LogP contribution in [0.1, 0.15) is 52.9 Å². The number of nitrogens with one attached hydrogen (secondary N) is 3. The molecule has 0 aromatic rings. The van der Waals surface area contributed by atoms with Crippen molar-refractivity contribution < 1.29 is 9.53 Å². The largest absolute Gasteiger partial charge is 0.377 e. The van der Waals surface area contributed by atoms with Crippen LogP contribution in [0.2, 0.25) is 0 Å². The van der Waals surface area contributed by atoms with E-state index >= 15 is 0 Å². The maximum atomic E-state index is 12.1. The topological polar surface area (TPSA) is 74.8 Å². The summed E-state index contributed by atoms with van der Waals surface area (Å²) in [7, 11) is 1.69. The minimum atomic E-state index is -0.280. The number of nitrogens with zero attached hydrogens (tertiary/aromatic N) is 1. The van der Waals surface area contributed by atoms with Crippen LogP contribution in [0, 0.1) is 5.92 Å². The number of ether oxygens (including phenoxy) is 1. The fourth-order valence-corrected chi connectivity index (χ4v) is 2.55. The van der Waals surface area contributed by atoms with Crippen molar-refractivity contribution in [1.29, 1.82) is 0 Å². The first-order valence-electron chi connectivity index (χ1n) is 8.83. The molecule has 3 N–H and O–H groups in total. The number of carbonyl (C=O) groups is 1. The Bertz CT molecular complexity index is 377. The number of aliphatic imine (C=N–C) groups is 1. The average molecular weight is 326 g/mol. The van der Waals surface area contributed by atoms with E-state index in [9.17, 15) is 4.79 Å². The van der Waals surface area contributed by atoms with Crippen molar-refractivity contribution in [2.45, 2.75) is 58.5 Å². The molecule has 0 spiro atoms. The molecule has 1 fully saturated rings. The summed E-state index contributed by atoms with van der Waals surface area (Å²) in [6.45, 7) is 8.70. The predicted molar refractivity (Wildman–Crippen MR) is 94.7 cm³/mol. The molecule has 0 aromatic heterocycles. The first-order valence-corrected chi connectivity index (χ1v) is 8.83. The van der Waals surface area contributed by atoms with Crippen LogP contribution >= 0.6 is 0 Å². The van der Waals surface area contributed by atoms with Crippen LogP contribution in [0.25, 0.3) is 0 Å². The third-order valence-corrected chi connectivity index (χ3v) is 4.21. The van der Waals surface area contributed by atoms with Gasteiger partial charge in [0, 0.05) is 32.7 Å². The first-order chi connectivity index (χ1) is 11.0. The molecule has 1 rings (SSSR count). The molecule has 0 unspecified atom stereocenters. The lowest BCUT2D eigenvalue weighted by atomic mass is 9.89. The van der Waals surface area contributed by atoms with Crippen molar-refractivity contribution in [3.05, 3.63) is 0 Å². The smallest absolute Gasteiger partial charge is 0.223 e. The molecule has 1 saturated carbocycles. The third kappa shape index (κ3) is 8.21. The van der Waals surface area contributed by atoms with Crippen LogP contribution in [-0.2, 0) is 9.53 Å². The second-order valence-electron chi connectivity index (χ2n) is 6.71. The van der Waals surface area contributed by atoms with Crippen LogP contribution in [-0.4, -0.2) is 50.8 Å². The molecule has 1 aliphatic carbocycles. The van der Waals surface area contributed by atoms with Gasteiger partial charge in [0.05, 0.1) is 12.1 Å². The summed E-state index contributed by atoms with van der Waals surface area (Å²) < 4.78 is 5.37. The van der Waals surface area contributed by atoms with Crippen LogP contribution in [0.3, 0.4) is 0 Å². The van der Waals surface area contributed by atoms with Crippen molar-refractivity contribution in [1.82, 2.24) is 16.0 Å². The Hall–Kier alpha value is -1.30. The van der Waals surface area contributed by atoms with E-state index in [1.807, 2.05) is 20.8 Å². The lowest BCUT2D eigenvalue weighted by Crippen LogP contribution is -2.43. The van der Waals surface area contributed by atoms with Gasteiger partial charge < -0.3 is 20.7 Å². The van der Waals surface area contributed by atoms with Gasteiger partial charge in [0.2, 0.25) is 5.91 Å². The van der Waals surface area contributed by atoms with Crippen LogP contribution < -0.4 is 16.0 Å². The molecule has 0 aliphatic heterocycles.